The number of amides is 3. The quantitative estimate of drug-likeness (QED) is 0.585. The van der Waals surface area contributed by atoms with Crippen molar-refractivity contribution in [1.29, 1.82) is 0 Å². The number of halogens is 1. The number of alkyl carbamates (subject to hydrolysis) is 1. The van der Waals surface area contributed by atoms with E-state index in [1.807, 2.05) is 4.90 Å². The van der Waals surface area contributed by atoms with Crippen molar-refractivity contribution in [2.24, 2.45) is 5.92 Å². The van der Waals surface area contributed by atoms with Crippen LogP contribution in [0.1, 0.15) is 33.6 Å². The summed E-state index contributed by atoms with van der Waals surface area (Å²) >= 11 is 0. The number of rotatable bonds is 7. The molecule has 0 aromatic heterocycles. The Kier molecular flexibility index (Phi) is 8.58. The van der Waals surface area contributed by atoms with Crippen LogP contribution in [0.4, 0.5) is 14.9 Å². The normalized spacial score (nSPS) is 17.1. The van der Waals surface area contributed by atoms with Crippen molar-refractivity contribution in [2.75, 3.05) is 38.0 Å². The molecule has 1 aliphatic heterocycles. The second-order valence-electron chi connectivity index (χ2n) is 8.35. The van der Waals surface area contributed by atoms with Crippen molar-refractivity contribution >= 4 is 23.6 Å². The van der Waals surface area contributed by atoms with Gasteiger partial charge in [0.15, 0.2) is 0 Å². The summed E-state index contributed by atoms with van der Waals surface area (Å²) in [6, 6.07) is 5.58. The van der Waals surface area contributed by atoms with Crippen LogP contribution >= 0.6 is 0 Å². The molecule has 0 bridgehead atoms. The maximum atomic E-state index is 12.9. The van der Waals surface area contributed by atoms with E-state index in [0.717, 1.165) is 19.4 Å². The average Bonchev–Trinajstić information content (AvgIpc) is 2.65. The van der Waals surface area contributed by atoms with Crippen LogP contribution in [0, 0.1) is 11.7 Å². The minimum atomic E-state index is -0.568. The third-order valence-corrected chi connectivity index (χ3v) is 4.46. The van der Waals surface area contributed by atoms with Crippen molar-refractivity contribution in [3.8, 4) is 0 Å². The zero-order chi connectivity index (χ0) is 22.1. The summed E-state index contributed by atoms with van der Waals surface area (Å²) in [5.74, 6) is -0.869. The molecule has 9 heteroatoms. The molecule has 0 spiro atoms. The number of hydrogen-bond acceptors (Lipinski definition) is 5. The van der Waals surface area contributed by atoms with E-state index >= 15 is 0 Å². The Hall–Kier alpha value is -2.68. The van der Waals surface area contributed by atoms with E-state index in [9.17, 15) is 18.8 Å². The molecule has 3 amide bonds. The van der Waals surface area contributed by atoms with Gasteiger partial charge >= 0.3 is 6.09 Å². The van der Waals surface area contributed by atoms with Crippen molar-refractivity contribution in [2.45, 2.75) is 39.2 Å². The number of nitrogens with zero attached hydrogens (tertiary/aromatic N) is 1. The van der Waals surface area contributed by atoms with Crippen molar-refractivity contribution in [3.05, 3.63) is 30.1 Å². The lowest BCUT2D eigenvalue weighted by molar-refractivity contribution is -0.127. The highest BCUT2D eigenvalue weighted by Crippen LogP contribution is 2.17. The number of hydrogen-bond donors (Lipinski definition) is 3. The lowest BCUT2D eigenvalue weighted by atomic mass is 9.97. The zero-order valence-electron chi connectivity index (χ0n) is 17.8. The predicted octanol–water partition coefficient (Wildman–Crippen LogP) is 2.12. The highest BCUT2D eigenvalue weighted by atomic mass is 19.1. The molecular formula is C21H31FN4O4. The fourth-order valence-corrected chi connectivity index (χ4v) is 3.16. The minimum absolute atomic E-state index is 0.0929. The molecule has 3 N–H and O–H groups in total. The predicted molar refractivity (Wildman–Crippen MR) is 111 cm³/mol. The molecule has 0 saturated carbocycles. The summed E-state index contributed by atoms with van der Waals surface area (Å²) in [6.45, 7) is 7.32. The highest BCUT2D eigenvalue weighted by molar-refractivity contribution is 5.92. The van der Waals surface area contributed by atoms with Gasteiger partial charge in [-0.1, -0.05) is 0 Å². The fourth-order valence-electron chi connectivity index (χ4n) is 3.16. The topological polar surface area (TPSA) is 99.8 Å². The lowest BCUT2D eigenvalue weighted by Crippen LogP contribution is -2.46. The van der Waals surface area contributed by atoms with Gasteiger partial charge in [0.2, 0.25) is 11.8 Å². The summed E-state index contributed by atoms with van der Waals surface area (Å²) in [5, 5.41) is 8.14. The average molecular weight is 423 g/mol. The molecule has 1 aromatic rings. The second kappa shape index (κ2) is 10.9. The van der Waals surface area contributed by atoms with Crippen LogP contribution in [0.3, 0.4) is 0 Å². The number of carbonyl (C=O) groups excluding carboxylic acids is 3. The van der Waals surface area contributed by atoms with Crippen molar-refractivity contribution in [3.63, 3.8) is 0 Å². The Bertz CT molecular complexity index is 734. The lowest BCUT2D eigenvalue weighted by Gasteiger charge is -2.31. The molecule has 8 nitrogen and oxygen atoms in total. The van der Waals surface area contributed by atoms with Crippen LogP contribution in [0.5, 0.6) is 0 Å². The molecular weight excluding hydrogens is 391 g/mol. The first-order chi connectivity index (χ1) is 14.1. The van der Waals surface area contributed by atoms with Crippen molar-refractivity contribution in [1.82, 2.24) is 15.5 Å². The second-order valence-corrected chi connectivity index (χ2v) is 8.35. The molecule has 1 saturated heterocycles. The Labute approximate surface area is 176 Å². The van der Waals surface area contributed by atoms with Gasteiger partial charge in [0.1, 0.15) is 11.4 Å². The maximum Gasteiger partial charge on any atom is 0.407 e. The molecule has 1 aromatic carbocycles. The zero-order valence-corrected chi connectivity index (χ0v) is 17.8. The first-order valence-electron chi connectivity index (χ1n) is 10.1. The molecule has 1 aliphatic rings. The third-order valence-electron chi connectivity index (χ3n) is 4.46. The Morgan fingerprint density at radius 3 is 2.47 bits per heavy atom. The standard InChI is InChI=1S/C21H31FN4O4/c1-21(2,3)30-20(29)24-11-10-23-19(28)15-5-4-12-26(13-15)14-18(27)25-17-8-6-16(22)7-9-17/h6-9,15H,4-5,10-14H2,1-3H3,(H,23,28)(H,24,29)(H,25,27). The number of likely N-dealkylation sites (tertiary alicyclic amines) is 1. The van der Waals surface area contributed by atoms with Gasteiger partial charge in [-0.15, -0.1) is 0 Å². The molecule has 1 heterocycles. The first kappa shape index (κ1) is 23.6. The highest BCUT2D eigenvalue weighted by Gasteiger charge is 2.26. The summed E-state index contributed by atoms with van der Waals surface area (Å²) in [4.78, 5) is 38.2. The Morgan fingerprint density at radius 2 is 1.80 bits per heavy atom. The number of carbonyl (C=O) groups is 3. The van der Waals surface area contributed by atoms with Gasteiger partial charge < -0.3 is 20.7 Å². The summed E-state index contributed by atoms with van der Waals surface area (Å²) in [7, 11) is 0. The van der Waals surface area contributed by atoms with E-state index in [-0.39, 0.29) is 36.6 Å². The SMILES string of the molecule is CC(C)(C)OC(=O)NCCNC(=O)C1CCCN(CC(=O)Nc2ccc(F)cc2)C1. The fraction of sp³-hybridized carbons (Fsp3) is 0.571. The Morgan fingerprint density at radius 1 is 1.13 bits per heavy atom. The molecule has 166 valence electrons. The van der Waals surface area contributed by atoms with Gasteiger partial charge in [-0.2, -0.15) is 0 Å². The number of anilines is 1. The van der Waals surface area contributed by atoms with Crippen LogP contribution in [-0.4, -0.2) is 61.1 Å². The molecule has 0 radical (unpaired) electrons. The van der Waals surface area contributed by atoms with Crippen LogP contribution < -0.4 is 16.0 Å². The van der Waals surface area contributed by atoms with E-state index in [1.54, 1.807) is 20.8 Å². The number of benzene rings is 1. The van der Waals surface area contributed by atoms with E-state index in [1.165, 1.54) is 24.3 Å². The number of nitrogens with one attached hydrogen (secondary N) is 3. The van der Waals surface area contributed by atoms with E-state index in [0.29, 0.717) is 18.8 Å². The van der Waals surface area contributed by atoms with Crippen LogP contribution in [0.25, 0.3) is 0 Å². The van der Waals surface area contributed by atoms with E-state index in [2.05, 4.69) is 16.0 Å². The van der Waals surface area contributed by atoms with Gasteiger partial charge in [-0.25, -0.2) is 9.18 Å². The third kappa shape index (κ3) is 8.77. The maximum absolute atomic E-state index is 12.9. The van der Waals surface area contributed by atoms with Gasteiger partial charge in [-0.05, 0) is 64.4 Å². The summed E-state index contributed by atoms with van der Waals surface area (Å²) in [6.07, 6.45) is 1.05. The number of piperidine rings is 1. The molecule has 1 atom stereocenters. The monoisotopic (exact) mass is 422 g/mol. The van der Waals surface area contributed by atoms with Crippen LogP contribution in [0.15, 0.2) is 24.3 Å². The molecule has 30 heavy (non-hydrogen) atoms. The smallest absolute Gasteiger partial charge is 0.407 e. The molecule has 1 unspecified atom stereocenters. The van der Waals surface area contributed by atoms with Crippen LogP contribution in [0.2, 0.25) is 0 Å². The molecule has 1 fully saturated rings. The molecule has 0 aliphatic carbocycles. The van der Waals surface area contributed by atoms with Gasteiger partial charge in [0.25, 0.3) is 0 Å². The van der Waals surface area contributed by atoms with Gasteiger partial charge in [0.05, 0.1) is 12.5 Å². The largest absolute Gasteiger partial charge is 0.444 e. The van der Waals surface area contributed by atoms with Crippen molar-refractivity contribution < 1.29 is 23.5 Å². The summed E-state index contributed by atoms with van der Waals surface area (Å²) in [5.41, 5.74) is -0.0350. The molecule has 2 rings (SSSR count). The van der Waals surface area contributed by atoms with Crippen LogP contribution in [-0.2, 0) is 14.3 Å². The van der Waals surface area contributed by atoms with E-state index in [4.69, 9.17) is 4.74 Å². The van der Waals surface area contributed by atoms with Gasteiger partial charge in [0, 0.05) is 25.3 Å². The first-order valence-corrected chi connectivity index (χ1v) is 10.1. The Balaban J connectivity index is 1.69. The number of ether oxygens (including phenoxy) is 1. The summed E-state index contributed by atoms with van der Waals surface area (Å²) < 4.78 is 18.1. The van der Waals surface area contributed by atoms with Gasteiger partial charge in [-0.3, -0.25) is 14.5 Å². The minimum Gasteiger partial charge on any atom is -0.444 e. The van der Waals surface area contributed by atoms with E-state index < -0.39 is 11.7 Å².